The Morgan fingerprint density at radius 2 is 2.33 bits per heavy atom. The monoisotopic (exact) mass is 268 g/mol. The van der Waals surface area contributed by atoms with E-state index >= 15 is 0 Å². The predicted molar refractivity (Wildman–Crippen MR) is 73.3 cm³/mol. The van der Waals surface area contributed by atoms with Gasteiger partial charge in [-0.3, -0.25) is 0 Å². The molecule has 0 spiro atoms. The number of thiazole rings is 1. The molecule has 100 valence electrons. The van der Waals surface area contributed by atoms with Crippen LogP contribution in [0.25, 0.3) is 0 Å². The van der Waals surface area contributed by atoms with Gasteiger partial charge >= 0.3 is 5.97 Å². The minimum atomic E-state index is -0.324. The molecule has 1 fully saturated rings. The lowest BCUT2D eigenvalue weighted by Gasteiger charge is -2.25. The van der Waals surface area contributed by atoms with Crippen LogP contribution in [0.1, 0.15) is 44.1 Å². The van der Waals surface area contributed by atoms with Gasteiger partial charge in [0.15, 0.2) is 10.8 Å². The first-order chi connectivity index (χ1) is 8.61. The second-order valence-electron chi connectivity index (χ2n) is 4.93. The molecule has 2 rings (SSSR count). The molecule has 0 amide bonds. The normalized spacial score (nSPS) is 14.9. The zero-order valence-electron chi connectivity index (χ0n) is 11.2. The Bertz CT molecular complexity index is 413. The van der Waals surface area contributed by atoms with Crippen molar-refractivity contribution in [3.63, 3.8) is 0 Å². The highest BCUT2D eigenvalue weighted by molar-refractivity contribution is 7.13. The van der Waals surface area contributed by atoms with Crippen molar-refractivity contribution in [2.24, 2.45) is 5.92 Å². The molecule has 0 unspecified atom stereocenters. The van der Waals surface area contributed by atoms with Gasteiger partial charge in [0.25, 0.3) is 0 Å². The summed E-state index contributed by atoms with van der Waals surface area (Å²) in [6.07, 6.45) is 2.64. The third-order valence-electron chi connectivity index (χ3n) is 3.00. The quantitative estimate of drug-likeness (QED) is 0.744. The predicted octanol–water partition coefficient (Wildman–Crippen LogP) is 2.94. The van der Waals surface area contributed by atoms with E-state index in [0.29, 0.717) is 18.3 Å². The van der Waals surface area contributed by atoms with Gasteiger partial charge in [0.1, 0.15) is 0 Å². The smallest absolute Gasteiger partial charge is 0.357 e. The van der Waals surface area contributed by atoms with Gasteiger partial charge in [-0.1, -0.05) is 0 Å². The summed E-state index contributed by atoms with van der Waals surface area (Å²) in [7, 11) is 0. The van der Waals surface area contributed by atoms with E-state index in [9.17, 15) is 4.79 Å². The Kier molecular flexibility index (Phi) is 4.22. The van der Waals surface area contributed by atoms with Gasteiger partial charge in [-0.05, 0) is 39.5 Å². The van der Waals surface area contributed by atoms with Crippen molar-refractivity contribution in [2.45, 2.75) is 39.7 Å². The van der Waals surface area contributed by atoms with E-state index in [2.05, 4.69) is 23.7 Å². The number of hydrogen-bond donors (Lipinski definition) is 0. The fraction of sp³-hybridized carbons (Fsp3) is 0.692. The number of carbonyl (C=O) groups excluding carboxylic acids is 1. The number of aromatic nitrogens is 1. The van der Waals surface area contributed by atoms with Crippen molar-refractivity contribution in [3.05, 3.63) is 11.1 Å². The number of nitrogens with zero attached hydrogens (tertiary/aromatic N) is 2. The molecule has 0 atom stereocenters. The van der Waals surface area contributed by atoms with Crippen LogP contribution in [0.3, 0.4) is 0 Å². The van der Waals surface area contributed by atoms with Crippen LogP contribution < -0.4 is 4.90 Å². The highest BCUT2D eigenvalue weighted by atomic mass is 32.1. The maximum absolute atomic E-state index is 11.6. The number of hydrogen-bond acceptors (Lipinski definition) is 5. The molecule has 0 N–H and O–H groups in total. The molecule has 1 heterocycles. The molecule has 18 heavy (non-hydrogen) atoms. The summed E-state index contributed by atoms with van der Waals surface area (Å²) in [5.41, 5.74) is 0.429. The van der Waals surface area contributed by atoms with E-state index in [1.165, 1.54) is 24.2 Å². The van der Waals surface area contributed by atoms with Gasteiger partial charge in [0.05, 0.1) is 6.61 Å². The van der Waals surface area contributed by atoms with Gasteiger partial charge in [-0.15, -0.1) is 11.3 Å². The Balaban J connectivity index is 2.07. The van der Waals surface area contributed by atoms with Gasteiger partial charge in [0.2, 0.25) is 0 Å². The van der Waals surface area contributed by atoms with Crippen LogP contribution in [-0.4, -0.2) is 30.1 Å². The fourth-order valence-electron chi connectivity index (χ4n) is 1.78. The average molecular weight is 268 g/mol. The minimum Gasteiger partial charge on any atom is -0.461 e. The molecule has 1 aromatic heterocycles. The summed E-state index contributed by atoms with van der Waals surface area (Å²) in [6, 6.07) is 0.409. The largest absolute Gasteiger partial charge is 0.461 e. The van der Waals surface area contributed by atoms with Crippen LogP contribution in [-0.2, 0) is 4.74 Å². The molecule has 0 aliphatic heterocycles. The second kappa shape index (κ2) is 5.69. The minimum absolute atomic E-state index is 0.324. The summed E-state index contributed by atoms with van der Waals surface area (Å²) in [5, 5.41) is 2.72. The molecule has 0 bridgehead atoms. The first-order valence-electron chi connectivity index (χ1n) is 6.51. The van der Waals surface area contributed by atoms with E-state index < -0.39 is 0 Å². The standard InChI is InChI=1S/C13H20N2O2S/c1-4-17-12(16)11-8-18-13(14-11)15(9(2)3)7-10-5-6-10/h8-10H,4-7H2,1-3H3. The summed E-state index contributed by atoms with van der Waals surface area (Å²) >= 11 is 1.52. The van der Waals surface area contributed by atoms with Crippen molar-refractivity contribution < 1.29 is 9.53 Å². The number of rotatable bonds is 6. The van der Waals surface area contributed by atoms with Crippen LogP contribution in [0.15, 0.2) is 5.38 Å². The first kappa shape index (κ1) is 13.3. The lowest BCUT2D eigenvalue weighted by Crippen LogP contribution is -2.32. The van der Waals surface area contributed by atoms with E-state index in [1.54, 1.807) is 12.3 Å². The SMILES string of the molecule is CCOC(=O)c1csc(N(CC2CC2)C(C)C)n1. The van der Waals surface area contributed by atoms with Gasteiger partial charge in [-0.2, -0.15) is 0 Å². The van der Waals surface area contributed by atoms with E-state index in [0.717, 1.165) is 17.6 Å². The zero-order chi connectivity index (χ0) is 13.1. The van der Waals surface area contributed by atoms with E-state index in [4.69, 9.17) is 4.74 Å². The molecular weight excluding hydrogens is 248 g/mol. The highest BCUT2D eigenvalue weighted by Gasteiger charge is 2.27. The highest BCUT2D eigenvalue weighted by Crippen LogP contribution is 2.33. The summed E-state index contributed by atoms with van der Waals surface area (Å²) in [4.78, 5) is 18.3. The average Bonchev–Trinajstić information content (AvgIpc) is 3.01. The first-order valence-corrected chi connectivity index (χ1v) is 7.39. The number of anilines is 1. The Morgan fingerprint density at radius 3 is 2.89 bits per heavy atom. The maximum atomic E-state index is 11.6. The Hall–Kier alpha value is -1.10. The maximum Gasteiger partial charge on any atom is 0.357 e. The molecular formula is C13H20N2O2S. The summed E-state index contributed by atoms with van der Waals surface area (Å²) in [6.45, 7) is 7.56. The molecule has 1 aliphatic carbocycles. The topological polar surface area (TPSA) is 42.4 Å². The van der Waals surface area contributed by atoms with Crippen LogP contribution in [0, 0.1) is 5.92 Å². The summed E-state index contributed by atoms with van der Waals surface area (Å²) < 4.78 is 4.96. The Morgan fingerprint density at radius 1 is 1.61 bits per heavy atom. The molecule has 0 radical (unpaired) electrons. The van der Waals surface area contributed by atoms with Crippen molar-refractivity contribution >= 4 is 22.4 Å². The lowest BCUT2D eigenvalue weighted by atomic mass is 10.3. The molecule has 4 nitrogen and oxygen atoms in total. The van der Waals surface area contributed by atoms with E-state index in [-0.39, 0.29) is 5.97 Å². The molecule has 5 heteroatoms. The van der Waals surface area contributed by atoms with Gasteiger partial charge in [0, 0.05) is 18.0 Å². The number of carbonyl (C=O) groups is 1. The zero-order valence-corrected chi connectivity index (χ0v) is 12.0. The third-order valence-corrected chi connectivity index (χ3v) is 3.88. The van der Waals surface area contributed by atoms with Gasteiger partial charge < -0.3 is 9.64 Å². The Labute approximate surface area is 112 Å². The third kappa shape index (κ3) is 3.22. The lowest BCUT2D eigenvalue weighted by molar-refractivity contribution is 0.0520. The number of ether oxygens (including phenoxy) is 1. The van der Waals surface area contributed by atoms with Crippen molar-refractivity contribution in [1.29, 1.82) is 0 Å². The molecule has 1 saturated carbocycles. The van der Waals surface area contributed by atoms with Gasteiger partial charge in [-0.25, -0.2) is 9.78 Å². The van der Waals surface area contributed by atoms with Crippen LogP contribution in [0.5, 0.6) is 0 Å². The molecule has 1 aliphatic rings. The van der Waals surface area contributed by atoms with Crippen molar-refractivity contribution in [3.8, 4) is 0 Å². The van der Waals surface area contributed by atoms with Crippen LogP contribution in [0.4, 0.5) is 5.13 Å². The fourth-order valence-corrected chi connectivity index (χ4v) is 2.72. The van der Waals surface area contributed by atoms with Crippen molar-refractivity contribution in [2.75, 3.05) is 18.1 Å². The van der Waals surface area contributed by atoms with E-state index in [1.807, 2.05) is 0 Å². The molecule has 0 saturated heterocycles. The molecule has 1 aromatic rings. The van der Waals surface area contributed by atoms with Crippen LogP contribution >= 0.6 is 11.3 Å². The van der Waals surface area contributed by atoms with Crippen LogP contribution in [0.2, 0.25) is 0 Å². The second-order valence-corrected chi connectivity index (χ2v) is 5.76. The summed E-state index contributed by atoms with van der Waals surface area (Å²) in [5.74, 6) is 0.484. The molecule has 0 aromatic carbocycles. The number of esters is 1. The van der Waals surface area contributed by atoms with Crippen molar-refractivity contribution in [1.82, 2.24) is 4.98 Å².